The van der Waals surface area contributed by atoms with Crippen LogP contribution in [-0.4, -0.2) is 5.11 Å². The lowest BCUT2D eigenvalue weighted by atomic mass is 10.3. The summed E-state index contributed by atoms with van der Waals surface area (Å²) < 4.78 is 5.49. The van der Waals surface area contributed by atoms with Gasteiger partial charge in [0.1, 0.15) is 23.8 Å². The number of aromatic hydroxyl groups is 1. The van der Waals surface area contributed by atoms with Gasteiger partial charge in [-0.2, -0.15) is 0 Å². The quantitative estimate of drug-likeness (QED) is 0.618. The van der Waals surface area contributed by atoms with Crippen LogP contribution >= 0.6 is 11.3 Å². The van der Waals surface area contributed by atoms with E-state index in [1.54, 1.807) is 23.5 Å². The van der Waals surface area contributed by atoms with E-state index in [-0.39, 0.29) is 11.4 Å². The number of thiophene rings is 1. The predicted molar refractivity (Wildman–Crippen MR) is 61.2 cm³/mol. The summed E-state index contributed by atoms with van der Waals surface area (Å²) in [5.74, 6) is 0.571. The first-order valence-electron chi connectivity index (χ1n) is 4.50. The van der Waals surface area contributed by atoms with Crippen LogP contribution in [-0.2, 0) is 6.61 Å². The lowest BCUT2D eigenvalue weighted by Gasteiger charge is -2.08. The van der Waals surface area contributed by atoms with Crippen LogP contribution in [0.25, 0.3) is 0 Å². The van der Waals surface area contributed by atoms with Crippen LogP contribution in [0.3, 0.4) is 0 Å². The van der Waals surface area contributed by atoms with Crippen molar-refractivity contribution in [3.05, 3.63) is 40.6 Å². The lowest BCUT2D eigenvalue weighted by molar-refractivity contribution is 0.310. The second-order valence-corrected chi connectivity index (χ2v) is 4.09. The van der Waals surface area contributed by atoms with Crippen molar-refractivity contribution in [2.24, 2.45) is 0 Å². The third-order valence-electron chi connectivity index (χ3n) is 1.99. The third-order valence-corrected chi connectivity index (χ3v) is 2.84. The van der Waals surface area contributed by atoms with Crippen molar-refractivity contribution < 1.29 is 9.84 Å². The summed E-state index contributed by atoms with van der Waals surface area (Å²) in [6.07, 6.45) is 0. The van der Waals surface area contributed by atoms with Gasteiger partial charge in [-0.1, -0.05) is 12.1 Å². The smallest absolute Gasteiger partial charge is 0.146 e. The average Bonchev–Trinajstić information content (AvgIpc) is 2.73. The normalized spacial score (nSPS) is 10.1. The molecule has 0 saturated heterocycles. The number of anilines is 1. The molecular weight excluding hydrogens is 210 g/mol. The van der Waals surface area contributed by atoms with E-state index in [0.717, 1.165) is 4.88 Å². The minimum atomic E-state index is 0.0543. The zero-order valence-corrected chi connectivity index (χ0v) is 8.83. The summed E-state index contributed by atoms with van der Waals surface area (Å²) in [7, 11) is 0. The summed E-state index contributed by atoms with van der Waals surface area (Å²) in [5, 5.41) is 11.3. The van der Waals surface area contributed by atoms with Gasteiger partial charge in [-0.25, -0.2) is 0 Å². The molecule has 1 heterocycles. The van der Waals surface area contributed by atoms with Crippen LogP contribution in [0, 0.1) is 0 Å². The maximum Gasteiger partial charge on any atom is 0.146 e. The Bertz CT molecular complexity index is 440. The molecule has 4 heteroatoms. The molecule has 2 rings (SSSR count). The second kappa shape index (κ2) is 4.23. The SMILES string of the molecule is Nc1c(O)cccc1OCc1cccs1. The summed E-state index contributed by atoms with van der Waals surface area (Å²) in [6.45, 7) is 0.478. The van der Waals surface area contributed by atoms with E-state index in [0.29, 0.717) is 12.4 Å². The van der Waals surface area contributed by atoms with Gasteiger partial charge >= 0.3 is 0 Å². The van der Waals surface area contributed by atoms with Gasteiger partial charge in [-0.05, 0) is 23.6 Å². The Morgan fingerprint density at radius 3 is 2.87 bits per heavy atom. The van der Waals surface area contributed by atoms with E-state index < -0.39 is 0 Å². The van der Waals surface area contributed by atoms with Gasteiger partial charge in [0.15, 0.2) is 0 Å². The number of phenols is 1. The fourth-order valence-corrected chi connectivity index (χ4v) is 1.82. The van der Waals surface area contributed by atoms with Gasteiger partial charge in [0, 0.05) is 4.88 Å². The van der Waals surface area contributed by atoms with Crippen molar-refractivity contribution in [3.63, 3.8) is 0 Å². The van der Waals surface area contributed by atoms with Crippen LogP contribution in [0.4, 0.5) is 5.69 Å². The zero-order chi connectivity index (χ0) is 10.7. The molecule has 15 heavy (non-hydrogen) atoms. The number of benzene rings is 1. The van der Waals surface area contributed by atoms with E-state index in [4.69, 9.17) is 10.5 Å². The fraction of sp³-hybridized carbons (Fsp3) is 0.0909. The van der Waals surface area contributed by atoms with E-state index in [1.807, 2.05) is 17.5 Å². The molecule has 2 aromatic rings. The number of phenolic OH excluding ortho intramolecular Hbond substituents is 1. The lowest BCUT2D eigenvalue weighted by Crippen LogP contribution is -1.97. The minimum absolute atomic E-state index is 0.0543. The molecule has 0 fully saturated rings. The van der Waals surface area contributed by atoms with Crippen molar-refractivity contribution in [1.29, 1.82) is 0 Å². The molecule has 0 unspecified atom stereocenters. The molecule has 3 nitrogen and oxygen atoms in total. The van der Waals surface area contributed by atoms with Gasteiger partial charge in [0.2, 0.25) is 0 Å². The summed E-state index contributed by atoms with van der Waals surface area (Å²) >= 11 is 1.62. The number of hydrogen-bond donors (Lipinski definition) is 2. The van der Waals surface area contributed by atoms with Gasteiger partial charge in [-0.3, -0.25) is 0 Å². The summed E-state index contributed by atoms with van der Waals surface area (Å²) in [5.41, 5.74) is 5.94. The Morgan fingerprint density at radius 1 is 1.27 bits per heavy atom. The second-order valence-electron chi connectivity index (χ2n) is 3.06. The molecule has 0 radical (unpaired) electrons. The maximum absolute atomic E-state index is 9.35. The Labute approximate surface area is 91.7 Å². The molecule has 1 aromatic heterocycles. The molecule has 0 aliphatic rings. The standard InChI is InChI=1S/C11H11NO2S/c12-11-9(13)4-1-5-10(11)14-7-8-3-2-6-15-8/h1-6,13H,7,12H2. The number of rotatable bonds is 3. The van der Waals surface area contributed by atoms with Crippen molar-refractivity contribution in [1.82, 2.24) is 0 Å². The highest BCUT2D eigenvalue weighted by Crippen LogP contribution is 2.30. The van der Waals surface area contributed by atoms with Gasteiger partial charge in [0.25, 0.3) is 0 Å². The molecule has 78 valence electrons. The van der Waals surface area contributed by atoms with Crippen molar-refractivity contribution in [3.8, 4) is 11.5 Å². The highest BCUT2D eigenvalue weighted by atomic mass is 32.1. The molecule has 0 aliphatic heterocycles. The van der Waals surface area contributed by atoms with E-state index in [1.165, 1.54) is 6.07 Å². The van der Waals surface area contributed by atoms with Gasteiger partial charge < -0.3 is 15.6 Å². The average molecular weight is 221 g/mol. The topological polar surface area (TPSA) is 55.5 Å². The van der Waals surface area contributed by atoms with E-state index >= 15 is 0 Å². The monoisotopic (exact) mass is 221 g/mol. The molecule has 0 aliphatic carbocycles. The number of hydrogen-bond acceptors (Lipinski definition) is 4. The number of nitrogen functional groups attached to an aromatic ring is 1. The summed E-state index contributed by atoms with van der Waals surface area (Å²) in [6, 6.07) is 8.93. The van der Waals surface area contributed by atoms with Crippen LogP contribution in [0.15, 0.2) is 35.7 Å². The molecule has 0 bridgehead atoms. The van der Waals surface area contributed by atoms with Crippen LogP contribution in [0.1, 0.15) is 4.88 Å². The first-order chi connectivity index (χ1) is 7.27. The van der Waals surface area contributed by atoms with Crippen LogP contribution in [0.5, 0.6) is 11.5 Å². The molecule has 3 N–H and O–H groups in total. The molecule has 0 saturated carbocycles. The maximum atomic E-state index is 9.35. The largest absolute Gasteiger partial charge is 0.506 e. The Morgan fingerprint density at radius 2 is 2.13 bits per heavy atom. The first-order valence-corrected chi connectivity index (χ1v) is 5.38. The zero-order valence-electron chi connectivity index (χ0n) is 8.01. The van der Waals surface area contributed by atoms with E-state index in [9.17, 15) is 5.11 Å². The van der Waals surface area contributed by atoms with Crippen molar-refractivity contribution in [2.45, 2.75) is 6.61 Å². The fourth-order valence-electron chi connectivity index (χ4n) is 1.20. The van der Waals surface area contributed by atoms with Crippen molar-refractivity contribution >= 4 is 17.0 Å². The minimum Gasteiger partial charge on any atom is -0.506 e. The Hall–Kier alpha value is -1.68. The van der Waals surface area contributed by atoms with Crippen LogP contribution < -0.4 is 10.5 Å². The Kier molecular flexibility index (Phi) is 2.78. The molecule has 1 aromatic carbocycles. The molecule has 0 amide bonds. The van der Waals surface area contributed by atoms with Crippen molar-refractivity contribution in [2.75, 3.05) is 5.73 Å². The van der Waals surface area contributed by atoms with Gasteiger partial charge in [0.05, 0.1) is 0 Å². The Balaban J connectivity index is 2.08. The third kappa shape index (κ3) is 2.22. The predicted octanol–water partition coefficient (Wildman–Crippen LogP) is 2.61. The molecule has 0 atom stereocenters. The number of para-hydroxylation sites is 1. The van der Waals surface area contributed by atoms with Crippen LogP contribution in [0.2, 0.25) is 0 Å². The number of nitrogens with two attached hydrogens (primary N) is 1. The number of ether oxygens (including phenoxy) is 1. The highest BCUT2D eigenvalue weighted by Gasteiger charge is 2.04. The first kappa shape index (κ1) is 9.86. The van der Waals surface area contributed by atoms with Gasteiger partial charge in [-0.15, -0.1) is 11.3 Å². The summed E-state index contributed by atoms with van der Waals surface area (Å²) in [4.78, 5) is 1.12. The molecule has 0 spiro atoms. The molecular formula is C11H11NO2S. The highest BCUT2D eigenvalue weighted by molar-refractivity contribution is 7.09. The van der Waals surface area contributed by atoms with E-state index in [2.05, 4.69) is 0 Å².